The van der Waals surface area contributed by atoms with Crippen LogP contribution in [0.15, 0.2) is 30.5 Å². The maximum absolute atomic E-state index is 12.7. The van der Waals surface area contributed by atoms with Gasteiger partial charge in [-0.3, -0.25) is 14.4 Å². The molecule has 0 aliphatic rings. The van der Waals surface area contributed by atoms with Gasteiger partial charge in [0.15, 0.2) is 0 Å². The van der Waals surface area contributed by atoms with Crippen molar-refractivity contribution in [1.29, 1.82) is 0 Å². The molecular formula is C20H26N4O8S. The summed E-state index contributed by atoms with van der Waals surface area (Å²) in [4.78, 5) is 50.4. The lowest BCUT2D eigenvalue weighted by Gasteiger charge is -2.22. The van der Waals surface area contributed by atoms with Gasteiger partial charge in [0.2, 0.25) is 11.8 Å². The fraction of sp³-hybridized carbons (Fsp3) is 0.400. The van der Waals surface area contributed by atoms with E-state index in [1.54, 1.807) is 6.20 Å². The highest BCUT2D eigenvalue weighted by Crippen LogP contribution is 2.18. The van der Waals surface area contributed by atoms with Crippen molar-refractivity contribution in [2.45, 2.75) is 37.4 Å². The highest BCUT2D eigenvalue weighted by atomic mass is 32.2. The summed E-state index contributed by atoms with van der Waals surface area (Å²) in [5, 5.41) is 23.2. The molecule has 33 heavy (non-hydrogen) atoms. The van der Waals surface area contributed by atoms with Gasteiger partial charge in [-0.05, 0) is 24.5 Å². The predicted octanol–water partition coefficient (Wildman–Crippen LogP) is -0.999. The predicted molar refractivity (Wildman–Crippen MR) is 118 cm³/mol. The highest BCUT2D eigenvalue weighted by molar-refractivity contribution is 7.90. The molecule has 2 amide bonds. The molecule has 0 saturated heterocycles. The number of nitrogens with two attached hydrogens (primary N) is 1. The molecule has 1 aromatic carbocycles. The summed E-state index contributed by atoms with van der Waals surface area (Å²) < 4.78 is 23.1. The topological polar surface area (TPSA) is 209 Å². The number of hydrogen-bond acceptors (Lipinski definition) is 7. The minimum Gasteiger partial charge on any atom is -0.481 e. The Balaban J connectivity index is 2.13. The third kappa shape index (κ3) is 7.88. The van der Waals surface area contributed by atoms with Crippen LogP contribution in [0.25, 0.3) is 10.9 Å². The SMILES string of the molecule is CS(=O)(=O)CC[C@H](NC(=O)[C@H](N)Cc1c[nH]c2ccccc12)C(=O)N[C@@H](CC(=O)O)C(=O)O. The number of aromatic nitrogens is 1. The normalized spacial score (nSPS) is 14.2. The van der Waals surface area contributed by atoms with Gasteiger partial charge in [0.05, 0.1) is 18.2 Å². The summed E-state index contributed by atoms with van der Waals surface area (Å²) in [6.45, 7) is 0. The Bertz CT molecular complexity index is 1140. The van der Waals surface area contributed by atoms with Crippen molar-refractivity contribution in [2.24, 2.45) is 5.73 Å². The summed E-state index contributed by atoms with van der Waals surface area (Å²) in [5.74, 6) is -5.30. The van der Waals surface area contributed by atoms with E-state index in [1.165, 1.54) is 0 Å². The van der Waals surface area contributed by atoms with E-state index in [2.05, 4.69) is 10.3 Å². The Kier molecular flexibility index (Phi) is 8.54. The highest BCUT2D eigenvalue weighted by Gasteiger charge is 2.30. The average molecular weight is 483 g/mol. The van der Waals surface area contributed by atoms with E-state index in [0.29, 0.717) is 0 Å². The zero-order chi connectivity index (χ0) is 24.8. The number of H-pyrrole nitrogens is 1. The monoisotopic (exact) mass is 482 g/mol. The fourth-order valence-corrected chi connectivity index (χ4v) is 3.82. The van der Waals surface area contributed by atoms with Crippen molar-refractivity contribution in [3.63, 3.8) is 0 Å². The van der Waals surface area contributed by atoms with Crippen LogP contribution in [-0.2, 0) is 35.4 Å². The molecule has 0 spiro atoms. The molecule has 0 aliphatic carbocycles. The second-order valence-electron chi connectivity index (χ2n) is 7.65. The van der Waals surface area contributed by atoms with E-state index in [9.17, 15) is 27.6 Å². The first-order valence-electron chi connectivity index (χ1n) is 9.91. The first-order valence-corrected chi connectivity index (χ1v) is 12.0. The van der Waals surface area contributed by atoms with Gasteiger partial charge in [0.25, 0.3) is 0 Å². The van der Waals surface area contributed by atoms with Crippen LogP contribution in [-0.4, -0.2) is 77.5 Å². The smallest absolute Gasteiger partial charge is 0.326 e. The van der Waals surface area contributed by atoms with Crippen LogP contribution in [0.2, 0.25) is 0 Å². The van der Waals surface area contributed by atoms with Crippen LogP contribution in [0.3, 0.4) is 0 Å². The molecule has 12 nitrogen and oxygen atoms in total. The van der Waals surface area contributed by atoms with Crippen LogP contribution in [0, 0.1) is 0 Å². The molecule has 13 heteroatoms. The number of carbonyl (C=O) groups is 4. The molecule has 2 aromatic rings. The third-order valence-corrected chi connectivity index (χ3v) is 5.83. The van der Waals surface area contributed by atoms with Gasteiger partial charge in [-0.15, -0.1) is 0 Å². The van der Waals surface area contributed by atoms with Crippen LogP contribution in [0.5, 0.6) is 0 Å². The molecule has 1 heterocycles. The van der Waals surface area contributed by atoms with Gasteiger partial charge in [-0.1, -0.05) is 18.2 Å². The van der Waals surface area contributed by atoms with Crippen molar-refractivity contribution in [3.05, 3.63) is 36.0 Å². The van der Waals surface area contributed by atoms with Gasteiger partial charge in [-0.2, -0.15) is 0 Å². The number of nitrogens with one attached hydrogen (secondary N) is 3. The maximum Gasteiger partial charge on any atom is 0.326 e. The minimum absolute atomic E-state index is 0.118. The summed E-state index contributed by atoms with van der Waals surface area (Å²) in [6, 6.07) is 3.09. The molecule has 0 aliphatic heterocycles. The van der Waals surface area contributed by atoms with Crippen molar-refractivity contribution >= 4 is 44.5 Å². The molecule has 0 saturated carbocycles. The number of hydrogen-bond donors (Lipinski definition) is 6. The minimum atomic E-state index is -3.52. The largest absolute Gasteiger partial charge is 0.481 e. The average Bonchev–Trinajstić information content (AvgIpc) is 3.12. The number of rotatable bonds is 12. The summed E-state index contributed by atoms with van der Waals surface area (Å²) in [5.41, 5.74) is 7.61. The van der Waals surface area contributed by atoms with E-state index >= 15 is 0 Å². The molecule has 0 unspecified atom stereocenters. The van der Waals surface area contributed by atoms with Gasteiger partial charge < -0.3 is 31.6 Å². The van der Waals surface area contributed by atoms with E-state index in [-0.39, 0.29) is 12.8 Å². The quantitative estimate of drug-likeness (QED) is 0.219. The molecule has 0 radical (unpaired) electrons. The Hall–Kier alpha value is -3.45. The van der Waals surface area contributed by atoms with E-state index in [0.717, 1.165) is 22.7 Å². The zero-order valence-corrected chi connectivity index (χ0v) is 18.6. The number of aliphatic carboxylic acids is 2. The number of aromatic amines is 1. The number of carboxylic acids is 2. The molecular weight excluding hydrogens is 456 g/mol. The Labute approximate surface area is 189 Å². The molecule has 2 rings (SSSR count). The third-order valence-electron chi connectivity index (χ3n) is 4.86. The summed E-state index contributed by atoms with van der Waals surface area (Å²) in [6.07, 6.45) is 1.52. The van der Waals surface area contributed by atoms with Crippen molar-refractivity contribution in [1.82, 2.24) is 15.6 Å². The number of fused-ring (bicyclic) bond motifs is 1. The van der Waals surface area contributed by atoms with Gasteiger partial charge >= 0.3 is 11.9 Å². The molecule has 1 aromatic heterocycles. The van der Waals surface area contributed by atoms with Crippen LogP contribution >= 0.6 is 0 Å². The number of amides is 2. The molecule has 180 valence electrons. The van der Waals surface area contributed by atoms with Crippen molar-refractivity contribution in [2.75, 3.05) is 12.0 Å². The van der Waals surface area contributed by atoms with Gasteiger partial charge in [0, 0.05) is 23.4 Å². The number of carboxylic acid groups (broad SMARTS) is 2. The standard InChI is InChI=1S/C20H26N4O8S/c1-33(31,32)7-6-15(19(28)24-16(20(29)30)9-17(25)26)23-18(27)13(21)8-11-10-22-14-5-3-2-4-12(11)14/h2-5,10,13,15-16,22H,6-9,21H2,1H3,(H,23,27)(H,24,28)(H,25,26)(H,29,30)/t13-,15+,16+/m1/s1. The number of carbonyl (C=O) groups excluding carboxylic acids is 2. The Morgan fingerprint density at radius 2 is 1.70 bits per heavy atom. The van der Waals surface area contributed by atoms with Gasteiger partial charge in [-0.25, -0.2) is 13.2 Å². The Morgan fingerprint density at radius 1 is 1.06 bits per heavy atom. The van der Waals surface area contributed by atoms with Crippen LogP contribution in [0.4, 0.5) is 0 Å². The Morgan fingerprint density at radius 3 is 2.30 bits per heavy atom. The lowest BCUT2D eigenvalue weighted by atomic mass is 10.0. The maximum atomic E-state index is 12.7. The molecule has 0 bridgehead atoms. The van der Waals surface area contributed by atoms with Crippen molar-refractivity contribution in [3.8, 4) is 0 Å². The number of benzene rings is 1. The van der Waals surface area contributed by atoms with E-state index < -0.39 is 63.9 Å². The second-order valence-corrected chi connectivity index (χ2v) is 9.91. The van der Waals surface area contributed by atoms with E-state index in [1.807, 2.05) is 29.6 Å². The first kappa shape index (κ1) is 25.8. The second kappa shape index (κ2) is 10.9. The van der Waals surface area contributed by atoms with E-state index in [4.69, 9.17) is 15.9 Å². The number of sulfone groups is 1. The lowest BCUT2D eigenvalue weighted by molar-refractivity contribution is -0.147. The summed E-state index contributed by atoms with van der Waals surface area (Å²) in [7, 11) is -3.52. The van der Waals surface area contributed by atoms with Crippen LogP contribution in [0.1, 0.15) is 18.4 Å². The van der Waals surface area contributed by atoms with Crippen LogP contribution < -0.4 is 16.4 Å². The lowest BCUT2D eigenvalue weighted by Crippen LogP contribution is -2.55. The first-order chi connectivity index (χ1) is 15.4. The molecule has 3 atom stereocenters. The molecule has 0 fully saturated rings. The van der Waals surface area contributed by atoms with Gasteiger partial charge in [0.1, 0.15) is 21.9 Å². The molecule has 7 N–H and O–H groups in total. The summed E-state index contributed by atoms with van der Waals surface area (Å²) >= 11 is 0. The number of para-hydroxylation sites is 1. The zero-order valence-electron chi connectivity index (χ0n) is 17.8. The fourth-order valence-electron chi connectivity index (χ4n) is 3.16. The van der Waals surface area contributed by atoms with Crippen molar-refractivity contribution < 1.29 is 37.8 Å².